The summed E-state index contributed by atoms with van der Waals surface area (Å²) in [4.78, 5) is 13.0. The minimum atomic E-state index is 0.187. The van der Waals surface area contributed by atoms with Crippen molar-refractivity contribution in [1.29, 1.82) is 0 Å². The first-order valence-electron chi connectivity index (χ1n) is 3.08. The van der Waals surface area contributed by atoms with Gasteiger partial charge in [-0.3, -0.25) is 0 Å². The molecule has 0 aromatic rings. The third kappa shape index (κ3) is 1.96. The molecule has 3 nitrogen and oxygen atoms in total. The summed E-state index contributed by atoms with van der Waals surface area (Å²) < 4.78 is 5.18. The molecule has 0 saturated carbocycles. The van der Waals surface area contributed by atoms with Crippen molar-refractivity contribution in [1.82, 2.24) is 0 Å². The molecule has 0 spiro atoms. The van der Waals surface area contributed by atoms with Crippen molar-refractivity contribution in [2.24, 2.45) is 4.99 Å². The molecule has 9 heavy (non-hydrogen) atoms. The van der Waals surface area contributed by atoms with Crippen LogP contribution in [0.4, 0.5) is 0 Å². The number of hydrogen-bond donors (Lipinski definition) is 0. The van der Waals surface area contributed by atoms with Gasteiger partial charge < -0.3 is 4.74 Å². The molecule has 1 rings (SSSR count). The summed E-state index contributed by atoms with van der Waals surface area (Å²) in [6, 6.07) is 0. The molecule has 0 aromatic heterocycles. The maximum absolute atomic E-state index is 9.61. The molecule has 0 bridgehead atoms. The van der Waals surface area contributed by atoms with Gasteiger partial charge in [0, 0.05) is 6.61 Å². The third-order valence-electron chi connectivity index (χ3n) is 1.38. The van der Waals surface area contributed by atoms with Gasteiger partial charge in [0.05, 0.1) is 12.6 Å². The molecule has 0 aromatic carbocycles. The summed E-state index contributed by atoms with van der Waals surface area (Å²) in [5.41, 5.74) is 0. The molecule has 0 aliphatic carbocycles. The molecule has 3 heteroatoms. The molecular formula is C6H9NO2. The first-order valence-corrected chi connectivity index (χ1v) is 3.08. The molecule has 0 N–H and O–H groups in total. The molecule has 50 valence electrons. The topological polar surface area (TPSA) is 38.7 Å². The molecule has 1 heterocycles. The van der Waals surface area contributed by atoms with Crippen LogP contribution in [-0.2, 0) is 9.53 Å². The van der Waals surface area contributed by atoms with Crippen LogP contribution in [0.3, 0.4) is 0 Å². The van der Waals surface area contributed by atoms with Gasteiger partial charge in [-0.1, -0.05) is 0 Å². The highest BCUT2D eigenvalue weighted by Crippen LogP contribution is 2.11. The fraction of sp³-hybridized carbons (Fsp3) is 0.833. The summed E-state index contributed by atoms with van der Waals surface area (Å²) in [6.45, 7) is 1.31. The second kappa shape index (κ2) is 3.38. The van der Waals surface area contributed by atoms with Crippen molar-refractivity contribution in [2.45, 2.75) is 18.9 Å². The maximum atomic E-state index is 9.61. The van der Waals surface area contributed by atoms with Crippen LogP contribution < -0.4 is 0 Å². The Hall–Kier alpha value is -0.660. The SMILES string of the molecule is O=C=NC[C@@H]1CCCO1. The predicted octanol–water partition coefficient (Wildman–Crippen LogP) is 0.501. The average molecular weight is 127 g/mol. The average Bonchev–Trinajstić information content (AvgIpc) is 2.34. The maximum Gasteiger partial charge on any atom is 0.235 e. The second-order valence-electron chi connectivity index (χ2n) is 2.07. The first kappa shape index (κ1) is 6.46. The van der Waals surface area contributed by atoms with Gasteiger partial charge in [-0.2, -0.15) is 0 Å². The quantitative estimate of drug-likeness (QED) is 0.400. The summed E-state index contributed by atoms with van der Waals surface area (Å²) in [5, 5.41) is 0. The number of rotatable bonds is 2. The van der Waals surface area contributed by atoms with E-state index in [1.54, 1.807) is 0 Å². The Morgan fingerprint density at radius 2 is 2.67 bits per heavy atom. The van der Waals surface area contributed by atoms with Gasteiger partial charge in [-0.25, -0.2) is 9.79 Å². The van der Waals surface area contributed by atoms with Crippen LogP contribution in [0, 0.1) is 0 Å². The van der Waals surface area contributed by atoms with E-state index >= 15 is 0 Å². The van der Waals surface area contributed by atoms with Gasteiger partial charge in [0.15, 0.2) is 0 Å². The Labute approximate surface area is 53.7 Å². The fourth-order valence-electron chi connectivity index (χ4n) is 0.927. The number of hydrogen-bond acceptors (Lipinski definition) is 3. The zero-order valence-electron chi connectivity index (χ0n) is 5.17. The second-order valence-corrected chi connectivity index (χ2v) is 2.07. The monoisotopic (exact) mass is 127 g/mol. The summed E-state index contributed by atoms with van der Waals surface area (Å²) in [6.07, 6.45) is 3.81. The Bertz CT molecular complexity index is 123. The van der Waals surface area contributed by atoms with E-state index in [0.29, 0.717) is 6.54 Å². The van der Waals surface area contributed by atoms with Crippen LogP contribution in [0.1, 0.15) is 12.8 Å². The van der Waals surface area contributed by atoms with Crippen LogP contribution in [0.15, 0.2) is 4.99 Å². The molecule has 1 saturated heterocycles. The zero-order chi connectivity index (χ0) is 6.53. The van der Waals surface area contributed by atoms with Crippen LogP contribution >= 0.6 is 0 Å². The van der Waals surface area contributed by atoms with Gasteiger partial charge in [-0.15, -0.1) is 0 Å². The molecule has 1 aliphatic heterocycles. The number of isocyanates is 1. The zero-order valence-corrected chi connectivity index (χ0v) is 5.17. The number of ether oxygens (including phenoxy) is 1. The van der Waals surface area contributed by atoms with Crippen LogP contribution in [0.2, 0.25) is 0 Å². The highest BCUT2D eigenvalue weighted by Gasteiger charge is 2.13. The van der Waals surface area contributed by atoms with Gasteiger partial charge in [0.2, 0.25) is 6.08 Å². The summed E-state index contributed by atoms with van der Waals surface area (Å²) >= 11 is 0. The van der Waals surface area contributed by atoms with E-state index in [4.69, 9.17) is 4.74 Å². The molecule has 1 fully saturated rings. The molecule has 0 radical (unpaired) electrons. The van der Waals surface area contributed by atoms with Gasteiger partial charge in [-0.05, 0) is 12.8 Å². The Kier molecular flexibility index (Phi) is 2.43. The van der Waals surface area contributed by atoms with Crippen LogP contribution in [-0.4, -0.2) is 25.3 Å². The smallest absolute Gasteiger partial charge is 0.235 e. The van der Waals surface area contributed by atoms with Gasteiger partial charge >= 0.3 is 0 Å². The highest BCUT2D eigenvalue weighted by atomic mass is 16.5. The van der Waals surface area contributed by atoms with Crippen molar-refractivity contribution < 1.29 is 9.53 Å². The first-order chi connectivity index (χ1) is 4.43. The Morgan fingerprint density at radius 3 is 3.22 bits per heavy atom. The Morgan fingerprint density at radius 1 is 1.78 bits per heavy atom. The van der Waals surface area contributed by atoms with Gasteiger partial charge in [0.1, 0.15) is 0 Å². The lowest BCUT2D eigenvalue weighted by Crippen LogP contribution is -2.08. The van der Waals surface area contributed by atoms with E-state index in [1.807, 2.05) is 0 Å². The molecule has 0 unspecified atom stereocenters. The molecule has 0 amide bonds. The summed E-state index contributed by atoms with van der Waals surface area (Å²) in [5.74, 6) is 0. The lowest BCUT2D eigenvalue weighted by atomic mass is 10.2. The third-order valence-corrected chi connectivity index (χ3v) is 1.38. The predicted molar refractivity (Wildman–Crippen MR) is 32.0 cm³/mol. The van der Waals surface area contributed by atoms with E-state index in [0.717, 1.165) is 19.4 Å². The van der Waals surface area contributed by atoms with Crippen molar-refractivity contribution in [3.05, 3.63) is 0 Å². The highest BCUT2D eigenvalue weighted by molar-refractivity contribution is 5.32. The van der Waals surface area contributed by atoms with Crippen molar-refractivity contribution >= 4 is 6.08 Å². The number of aliphatic imine (C=N–C) groups is 1. The lowest BCUT2D eigenvalue weighted by molar-refractivity contribution is 0.118. The van der Waals surface area contributed by atoms with Crippen LogP contribution in [0.25, 0.3) is 0 Å². The molecule has 1 aliphatic rings. The van der Waals surface area contributed by atoms with E-state index in [-0.39, 0.29) is 6.10 Å². The standard InChI is InChI=1S/C6H9NO2/c8-5-7-4-6-2-1-3-9-6/h6H,1-4H2/t6-/m0/s1. The van der Waals surface area contributed by atoms with E-state index in [9.17, 15) is 4.79 Å². The van der Waals surface area contributed by atoms with E-state index in [1.165, 1.54) is 6.08 Å². The number of carbonyl (C=O) groups excluding carboxylic acids is 1. The number of nitrogens with zero attached hydrogens (tertiary/aromatic N) is 1. The van der Waals surface area contributed by atoms with E-state index < -0.39 is 0 Å². The minimum absolute atomic E-state index is 0.187. The van der Waals surface area contributed by atoms with E-state index in [2.05, 4.69) is 4.99 Å². The van der Waals surface area contributed by atoms with Gasteiger partial charge in [0.25, 0.3) is 0 Å². The largest absolute Gasteiger partial charge is 0.376 e. The lowest BCUT2D eigenvalue weighted by Gasteiger charge is -2.00. The normalized spacial score (nSPS) is 25.6. The summed E-state index contributed by atoms with van der Waals surface area (Å²) in [7, 11) is 0. The van der Waals surface area contributed by atoms with Crippen molar-refractivity contribution in [2.75, 3.05) is 13.2 Å². The van der Waals surface area contributed by atoms with Crippen LogP contribution in [0.5, 0.6) is 0 Å². The molecular weight excluding hydrogens is 118 g/mol. The van der Waals surface area contributed by atoms with Crippen molar-refractivity contribution in [3.8, 4) is 0 Å². The Balaban J connectivity index is 2.18. The van der Waals surface area contributed by atoms with Crippen molar-refractivity contribution in [3.63, 3.8) is 0 Å². The molecule has 1 atom stereocenters. The minimum Gasteiger partial charge on any atom is -0.376 e. The fourth-order valence-corrected chi connectivity index (χ4v) is 0.927.